The van der Waals surface area contributed by atoms with Gasteiger partial charge in [-0.2, -0.15) is 0 Å². The highest BCUT2D eigenvalue weighted by atomic mass is 16.3. The molecule has 0 spiro atoms. The minimum Gasteiger partial charge on any atom is -0.388 e. The Balaban J connectivity index is 2.23. The van der Waals surface area contributed by atoms with Crippen LogP contribution in [0.5, 0.6) is 0 Å². The van der Waals surface area contributed by atoms with E-state index in [0.717, 1.165) is 6.42 Å². The summed E-state index contributed by atoms with van der Waals surface area (Å²) in [6.45, 7) is 6.39. The SMILES string of the molecule is CC1(C)C2C=CC3(C)C(C2)C(=O)CCC13O. The number of ketones is 1. The van der Waals surface area contributed by atoms with Crippen molar-refractivity contribution in [3.05, 3.63) is 12.2 Å². The zero-order valence-corrected chi connectivity index (χ0v) is 10.3. The molecule has 2 saturated carbocycles. The number of Topliss-reactive ketones (excluding diaryl/α,β-unsaturated/α-hetero) is 1. The minimum absolute atomic E-state index is 0.0503. The molecule has 0 amide bonds. The molecule has 4 bridgehead atoms. The zero-order chi connectivity index (χ0) is 11.8. The lowest BCUT2D eigenvalue weighted by Gasteiger charge is -2.67. The van der Waals surface area contributed by atoms with Crippen molar-refractivity contribution in [2.75, 3.05) is 0 Å². The second-order valence-corrected chi connectivity index (χ2v) is 6.58. The molecule has 2 fully saturated rings. The number of carbonyl (C=O) groups is 1. The molecular weight excluding hydrogens is 200 g/mol. The first-order chi connectivity index (χ1) is 7.33. The molecule has 0 radical (unpaired) electrons. The minimum atomic E-state index is -0.698. The van der Waals surface area contributed by atoms with Gasteiger partial charge in [0.25, 0.3) is 0 Å². The van der Waals surface area contributed by atoms with Gasteiger partial charge < -0.3 is 5.11 Å². The van der Waals surface area contributed by atoms with Gasteiger partial charge in [0.05, 0.1) is 5.60 Å². The van der Waals surface area contributed by atoms with Gasteiger partial charge in [0.15, 0.2) is 0 Å². The van der Waals surface area contributed by atoms with E-state index in [-0.39, 0.29) is 16.7 Å². The quantitative estimate of drug-likeness (QED) is 0.636. The maximum atomic E-state index is 12.0. The Bertz CT molecular complexity index is 396. The van der Waals surface area contributed by atoms with E-state index in [4.69, 9.17) is 0 Å². The third kappa shape index (κ3) is 0.839. The number of aliphatic hydroxyl groups is 1. The highest BCUT2D eigenvalue weighted by Crippen LogP contribution is 2.67. The summed E-state index contributed by atoms with van der Waals surface area (Å²) in [4.78, 5) is 12.0. The fourth-order valence-corrected chi connectivity index (χ4v) is 4.51. The van der Waals surface area contributed by atoms with E-state index in [9.17, 15) is 9.90 Å². The van der Waals surface area contributed by atoms with Crippen LogP contribution in [0, 0.1) is 22.7 Å². The Hall–Kier alpha value is -0.630. The van der Waals surface area contributed by atoms with E-state index in [1.54, 1.807) is 0 Å². The van der Waals surface area contributed by atoms with Gasteiger partial charge in [-0.25, -0.2) is 0 Å². The van der Waals surface area contributed by atoms with Crippen LogP contribution in [-0.4, -0.2) is 16.5 Å². The van der Waals surface area contributed by atoms with Crippen molar-refractivity contribution in [1.82, 2.24) is 0 Å². The number of hydrogen-bond donors (Lipinski definition) is 1. The van der Waals surface area contributed by atoms with Gasteiger partial charge >= 0.3 is 0 Å². The molecule has 2 heteroatoms. The summed E-state index contributed by atoms with van der Waals surface area (Å²) >= 11 is 0. The van der Waals surface area contributed by atoms with Crippen molar-refractivity contribution in [3.63, 3.8) is 0 Å². The zero-order valence-electron chi connectivity index (χ0n) is 10.3. The van der Waals surface area contributed by atoms with Crippen LogP contribution in [0.15, 0.2) is 12.2 Å². The molecule has 0 aromatic rings. The maximum Gasteiger partial charge on any atom is 0.137 e. The van der Waals surface area contributed by atoms with Gasteiger partial charge in [-0.3, -0.25) is 4.79 Å². The van der Waals surface area contributed by atoms with E-state index in [0.29, 0.717) is 24.5 Å². The van der Waals surface area contributed by atoms with Crippen molar-refractivity contribution >= 4 is 5.78 Å². The molecule has 0 heterocycles. The molecule has 0 aromatic heterocycles. The molecule has 4 aliphatic rings. The highest BCUT2D eigenvalue weighted by molar-refractivity contribution is 5.84. The first-order valence-electron chi connectivity index (χ1n) is 6.27. The number of rotatable bonds is 0. The first kappa shape index (κ1) is 10.5. The standard InChI is InChI=1S/C14H20O2/c1-12(2)9-4-6-13(3)10(8-9)11(15)5-7-14(12,13)16/h4,6,9-10,16H,5,7-8H2,1-3H3. The predicted molar refractivity (Wildman–Crippen MR) is 61.8 cm³/mol. The molecule has 4 atom stereocenters. The van der Waals surface area contributed by atoms with Crippen LogP contribution >= 0.6 is 0 Å². The molecule has 4 rings (SSSR count). The van der Waals surface area contributed by atoms with Gasteiger partial charge in [0, 0.05) is 23.2 Å². The van der Waals surface area contributed by atoms with Crippen LogP contribution in [0.25, 0.3) is 0 Å². The Kier molecular flexibility index (Phi) is 1.72. The lowest BCUT2D eigenvalue weighted by atomic mass is 9.39. The summed E-state index contributed by atoms with van der Waals surface area (Å²) in [6, 6.07) is 0. The van der Waals surface area contributed by atoms with Crippen molar-refractivity contribution in [2.45, 2.75) is 45.6 Å². The van der Waals surface area contributed by atoms with Gasteiger partial charge in [-0.05, 0) is 18.8 Å². The molecule has 1 N–H and O–H groups in total. The van der Waals surface area contributed by atoms with Crippen molar-refractivity contribution in [2.24, 2.45) is 22.7 Å². The second-order valence-electron chi connectivity index (χ2n) is 6.58. The van der Waals surface area contributed by atoms with Gasteiger partial charge in [-0.1, -0.05) is 32.9 Å². The normalized spacial score (nSPS) is 53.1. The predicted octanol–water partition coefficient (Wildman–Crippen LogP) is 2.32. The summed E-state index contributed by atoms with van der Waals surface area (Å²) in [5, 5.41) is 11.1. The maximum absolute atomic E-state index is 12.0. The van der Waals surface area contributed by atoms with Crippen molar-refractivity contribution in [1.29, 1.82) is 0 Å². The van der Waals surface area contributed by atoms with Crippen LogP contribution in [0.1, 0.15) is 40.0 Å². The average molecular weight is 220 g/mol. The van der Waals surface area contributed by atoms with Crippen LogP contribution < -0.4 is 0 Å². The fourth-order valence-electron chi connectivity index (χ4n) is 4.51. The van der Waals surface area contributed by atoms with E-state index in [1.165, 1.54) is 0 Å². The largest absolute Gasteiger partial charge is 0.388 e. The van der Waals surface area contributed by atoms with Crippen LogP contribution in [0.3, 0.4) is 0 Å². The molecular formula is C14H20O2. The average Bonchev–Trinajstić information content (AvgIpc) is 2.22. The molecule has 0 saturated heterocycles. The van der Waals surface area contributed by atoms with E-state index in [2.05, 4.69) is 32.9 Å². The molecule has 0 aliphatic heterocycles. The van der Waals surface area contributed by atoms with E-state index >= 15 is 0 Å². The van der Waals surface area contributed by atoms with E-state index < -0.39 is 5.60 Å². The summed E-state index contributed by atoms with van der Waals surface area (Å²) in [5.41, 5.74) is -1.13. The van der Waals surface area contributed by atoms with Crippen molar-refractivity contribution in [3.8, 4) is 0 Å². The number of allylic oxidation sites excluding steroid dienone is 1. The van der Waals surface area contributed by atoms with E-state index in [1.807, 2.05) is 0 Å². The summed E-state index contributed by atoms with van der Waals surface area (Å²) in [6.07, 6.45) is 6.46. The smallest absolute Gasteiger partial charge is 0.137 e. The lowest BCUT2D eigenvalue weighted by molar-refractivity contribution is -0.228. The number of hydrogen-bond acceptors (Lipinski definition) is 2. The molecule has 0 aromatic carbocycles. The summed E-state index contributed by atoms with van der Waals surface area (Å²) in [7, 11) is 0. The monoisotopic (exact) mass is 220 g/mol. The highest BCUT2D eigenvalue weighted by Gasteiger charge is 2.68. The third-order valence-corrected chi connectivity index (χ3v) is 5.89. The molecule has 4 unspecified atom stereocenters. The summed E-state index contributed by atoms with van der Waals surface area (Å²) < 4.78 is 0. The third-order valence-electron chi connectivity index (χ3n) is 5.89. The first-order valence-corrected chi connectivity index (χ1v) is 6.27. The number of carbonyl (C=O) groups excluding carboxylic acids is 1. The Morgan fingerprint density at radius 3 is 2.75 bits per heavy atom. The van der Waals surface area contributed by atoms with Crippen molar-refractivity contribution < 1.29 is 9.90 Å². The topological polar surface area (TPSA) is 37.3 Å². The Morgan fingerprint density at radius 2 is 2.06 bits per heavy atom. The van der Waals surface area contributed by atoms with Crippen LogP contribution in [0.2, 0.25) is 0 Å². The van der Waals surface area contributed by atoms with Gasteiger partial charge in [0.2, 0.25) is 0 Å². The molecule has 16 heavy (non-hydrogen) atoms. The molecule has 88 valence electrons. The second kappa shape index (κ2) is 2.61. The summed E-state index contributed by atoms with van der Waals surface area (Å²) in [5.74, 6) is 0.764. The lowest BCUT2D eigenvalue weighted by Crippen LogP contribution is -2.70. The van der Waals surface area contributed by atoms with Crippen LogP contribution in [0.4, 0.5) is 0 Å². The Labute approximate surface area is 96.7 Å². The fraction of sp³-hybridized carbons (Fsp3) is 0.786. The molecule has 4 aliphatic carbocycles. The van der Waals surface area contributed by atoms with Crippen LogP contribution in [-0.2, 0) is 4.79 Å². The van der Waals surface area contributed by atoms with Gasteiger partial charge in [-0.15, -0.1) is 0 Å². The molecule has 2 nitrogen and oxygen atoms in total. The Morgan fingerprint density at radius 1 is 1.38 bits per heavy atom. The van der Waals surface area contributed by atoms with Gasteiger partial charge in [0.1, 0.15) is 5.78 Å².